The number of phenolic OH excluding ortho intramolecular Hbond substituents is 4. The normalized spacial score (nSPS) is 14.8. The van der Waals surface area contributed by atoms with Gasteiger partial charge in [-0.15, -0.1) is 11.6 Å². The Labute approximate surface area is 309 Å². The lowest BCUT2D eigenvalue weighted by Crippen LogP contribution is -2.19. The summed E-state index contributed by atoms with van der Waals surface area (Å²) in [6, 6.07) is 22.0. The van der Waals surface area contributed by atoms with E-state index >= 15 is 0 Å². The Balaban J connectivity index is 0.000000203. The summed E-state index contributed by atoms with van der Waals surface area (Å²) in [6.45, 7) is 11.3. The summed E-state index contributed by atoms with van der Waals surface area (Å²) in [4.78, 5) is 0. The van der Waals surface area contributed by atoms with Crippen LogP contribution in [-0.2, 0) is 20.3 Å². The molecule has 0 radical (unpaired) electrons. The number of halogens is 5. The maximum atomic E-state index is 9.85. The van der Waals surface area contributed by atoms with E-state index in [1.165, 1.54) is 0 Å². The topological polar surface area (TPSA) is 106 Å². The van der Waals surface area contributed by atoms with E-state index in [2.05, 4.69) is 96.2 Å². The smallest absolute Gasteiger partial charge is 0.143 e. The maximum absolute atomic E-state index is 9.85. The number of aromatic hydroxyl groups is 4. The van der Waals surface area contributed by atoms with Crippen LogP contribution in [0.4, 0.5) is 0 Å². The quantitative estimate of drug-likeness (QED) is 0.117. The lowest BCUT2D eigenvalue weighted by molar-refractivity contribution is 0.425. The molecule has 1 atom stereocenters. The van der Waals surface area contributed by atoms with Gasteiger partial charge in [-0.3, -0.25) is 0 Å². The minimum atomic E-state index is -0.308. The van der Waals surface area contributed by atoms with Gasteiger partial charge in [-0.1, -0.05) is 52.0 Å². The van der Waals surface area contributed by atoms with Crippen molar-refractivity contribution in [1.82, 2.24) is 0 Å². The van der Waals surface area contributed by atoms with Gasteiger partial charge in [0.1, 0.15) is 23.0 Å². The Hall–Kier alpha value is -1.79. The first kappa shape index (κ1) is 38.7. The van der Waals surface area contributed by atoms with Crippen LogP contribution < -0.4 is 0 Å². The minimum absolute atomic E-state index is 0.151. The monoisotopic (exact) mass is 904 g/mol. The van der Waals surface area contributed by atoms with Crippen molar-refractivity contribution < 1.29 is 29.9 Å². The summed E-state index contributed by atoms with van der Waals surface area (Å²) in [5, 5.41) is 38.3. The molecule has 11 heteroatoms. The van der Waals surface area contributed by atoms with Gasteiger partial charge in [0.25, 0.3) is 0 Å². The number of ether oxygens (including phenoxy) is 2. The Morgan fingerprint density at radius 2 is 0.891 bits per heavy atom. The van der Waals surface area contributed by atoms with Crippen LogP contribution in [0.3, 0.4) is 0 Å². The zero-order valence-electron chi connectivity index (χ0n) is 25.8. The molecule has 0 spiro atoms. The fourth-order valence-corrected chi connectivity index (χ4v) is 6.65. The second kappa shape index (κ2) is 17.0. The predicted molar refractivity (Wildman–Crippen MR) is 199 cm³/mol. The van der Waals surface area contributed by atoms with Gasteiger partial charge < -0.3 is 29.9 Å². The SMILES string of the molecule is C1CO1.CC(C)(c1cc(Br)c(O)c(Br)c1)c1cc(Br)c(O)c(Br)c1.CC(C)(c1ccc(O)cc1)c1ccc(O)cc1.ClCC1CO1. The van der Waals surface area contributed by atoms with Gasteiger partial charge in [-0.2, -0.15) is 0 Å². The van der Waals surface area contributed by atoms with Gasteiger partial charge >= 0.3 is 0 Å². The summed E-state index contributed by atoms with van der Waals surface area (Å²) < 4.78 is 11.8. The van der Waals surface area contributed by atoms with Gasteiger partial charge in [0.05, 0.1) is 49.7 Å². The molecule has 0 bridgehead atoms. The van der Waals surface area contributed by atoms with Crippen LogP contribution in [0.1, 0.15) is 49.9 Å². The number of phenols is 4. The Kier molecular flexibility index (Phi) is 14.3. The molecule has 2 fully saturated rings. The molecule has 0 saturated carbocycles. The Bertz CT molecular complexity index is 1430. The van der Waals surface area contributed by atoms with E-state index in [9.17, 15) is 20.4 Å². The zero-order chi connectivity index (χ0) is 34.2. The van der Waals surface area contributed by atoms with Gasteiger partial charge in [0.15, 0.2) is 0 Å². The summed E-state index contributed by atoms with van der Waals surface area (Å²) in [7, 11) is 0. The molecule has 2 aliphatic heterocycles. The van der Waals surface area contributed by atoms with E-state index in [1.54, 1.807) is 24.3 Å². The second-order valence-corrected chi connectivity index (χ2v) is 15.4. The van der Waals surface area contributed by atoms with Crippen LogP contribution in [0.15, 0.2) is 90.7 Å². The predicted octanol–water partition coefficient (Wildman–Crippen LogP) is 10.5. The zero-order valence-corrected chi connectivity index (χ0v) is 32.9. The largest absolute Gasteiger partial charge is 0.508 e. The molecular formula is C35H37Br4ClO6. The van der Waals surface area contributed by atoms with Crippen molar-refractivity contribution >= 4 is 75.3 Å². The number of hydrogen-bond acceptors (Lipinski definition) is 6. The van der Waals surface area contributed by atoms with Crippen molar-refractivity contribution in [3.8, 4) is 23.0 Å². The standard InChI is InChI=1S/C15H12Br4O2.C15H16O2.C3H5ClO.C2H4O/c1-15(2,7-3-9(16)13(20)10(17)4-7)8-5-11(18)14(21)12(19)6-8;1-15(2,11-3-7-13(16)8-4-11)12-5-9-14(17)10-6-12;4-1-3-2-5-3;1-2-3-1/h3-6,20-21H,1-2H3;3-10,16-17H,1-2H3;3H,1-2H2;1-2H2. The molecular weight excluding hydrogens is 871 g/mol. The first-order chi connectivity index (χ1) is 21.6. The van der Waals surface area contributed by atoms with Crippen LogP contribution in [0, 0.1) is 0 Å². The Morgan fingerprint density at radius 1 is 0.609 bits per heavy atom. The highest BCUT2D eigenvalue weighted by Gasteiger charge is 2.27. The first-order valence-corrected chi connectivity index (χ1v) is 18.0. The number of rotatable bonds is 5. The number of alkyl halides is 1. The molecule has 46 heavy (non-hydrogen) atoms. The first-order valence-electron chi connectivity index (χ1n) is 14.3. The van der Waals surface area contributed by atoms with E-state index < -0.39 is 0 Å². The Morgan fingerprint density at radius 3 is 1.11 bits per heavy atom. The van der Waals surface area contributed by atoms with E-state index in [0.29, 0.717) is 29.9 Å². The number of hydrogen-bond donors (Lipinski definition) is 4. The summed E-state index contributed by atoms with van der Waals surface area (Å²) in [6.07, 6.45) is 0.400. The molecule has 0 aliphatic carbocycles. The van der Waals surface area contributed by atoms with Gasteiger partial charge in [-0.25, -0.2) is 0 Å². The third-order valence-corrected chi connectivity index (χ3v) is 10.2. The number of benzene rings is 4. The van der Waals surface area contributed by atoms with E-state index in [4.69, 9.17) is 16.3 Å². The average molecular weight is 909 g/mol. The third-order valence-electron chi connectivity index (χ3n) is 7.43. The van der Waals surface area contributed by atoms with Crippen molar-refractivity contribution in [3.63, 3.8) is 0 Å². The summed E-state index contributed by atoms with van der Waals surface area (Å²) in [5.41, 5.74) is 3.85. The van der Waals surface area contributed by atoms with Crippen molar-refractivity contribution in [2.45, 2.75) is 44.6 Å². The van der Waals surface area contributed by atoms with Crippen LogP contribution in [-0.4, -0.2) is 52.2 Å². The second-order valence-electron chi connectivity index (χ2n) is 11.6. The lowest BCUT2D eigenvalue weighted by Gasteiger charge is -2.27. The molecule has 1 unspecified atom stereocenters. The van der Waals surface area contributed by atoms with E-state index in [-0.39, 0.29) is 33.8 Å². The summed E-state index contributed by atoms with van der Waals surface area (Å²) in [5.74, 6) is 1.58. The highest BCUT2D eigenvalue weighted by atomic mass is 79.9. The lowest BCUT2D eigenvalue weighted by atomic mass is 9.78. The van der Waals surface area contributed by atoms with Crippen molar-refractivity contribution in [1.29, 1.82) is 0 Å². The molecule has 4 aromatic carbocycles. The molecule has 4 N–H and O–H groups in total. The van der Waals surface area contributed by atoms with Crippen molar-refractivity contribution in [3.05, 3.63) is 113 Å². The van der Waals surface area contributed by atoms with Crippen molar-refractivity contribution in [2.24, 2.45) is 0 Å². The molecule has 248 valence electrons. The van der Waals surface area contributed by atoms with E-state index in [0.717, 1.165) is 42.1 Å². The minimum Gasteiger partial charge on any atom is -0.508 e. The van der Waals surface area contributed by atoms with Gasteiger partial charge in [0.2, 0.25) is 0 Å². The molecule has 2 heterocycles. The molecule has 2 aliphatic rings. The van der Waals surface area contributed by atoms with Crippen LogP contribution in [0.25, 0.3) is 0 Å². The van der Waals surface area contributed by atoms with Gasteiger partial charge in [0, 0.05) is 10.8 Å². The highest BCUT2D eigenvalue weighted by Crippen LogP contribution is 2.43. The third kappa shape index (κ3) is 11.1. The molecule has 4 aromatic rings. The molecule has 0 amide bonds. The van der Waals surface area contributed by atoms with Crippen LogP contribution >= 0.6 is 75.3 Å². The van der Waals surface area contributed by atoms with Gasteiger partial charge in [-0.05, 0) is 135 Å². The highest BCUT2D eigenvalue weighted by molar-refractivity contribution is 9.11. The maximum Gasteiger partial charge on any atom is 0.143 e. The molecule has 2 saturated heterocycles. The van der Waals surface area contributed by atoms with Crippen LogP contribution in [0.5, 0.6) is 23.0 Å². The fraction of sp³-hybridized carbons (Fsp3) is 0.314. The summed E-state index contributed by atoms with van der Waals surface area (Å²) >= 11 is 18.7. The molecule has 6 rings (SSSR count). The number of epoxide rings is 2. The molecule has 0 aromatic heterocycles. The van der Waals surface area contributed by atoms with Crippen LogP contribution in [0.2, 0.25) is 0 Å². The van der Waals surface area contributed by atoms with Crippen molar-refractivity contribution in [2.75, 3.05) is 25.7 Å². The average Bonchev–Trinajstić information content (AvgIpc) is 3.92. The fourth-order valence-electron chi connectivity index (χ4n) is 4.10. The van der Waals surface area contributed by atoms with E-state index in [1.807, 2.05) is 48.5 Å². The molecule has 6 nitrogen and oxygen atoms in total.